The third-order valence-electron chi connectivity index (χ3n) is 4.61. The Morgan fingerprint density at radius 2 is 2.08 bits per heavy atom. The number of carbonyl (C=O) groups excluding carboxylic acids is 1. The molecule has 2 atom stereocenters. The van der Waals surface area contributed by atoms with Gasteiger partial charge in [-0.3, -0.25) is 9.48 Å². The Kier molecular flexibility index (Phi) is 4.61. The van der Waals surface area contributed by atoms with Gasteiger partial charge in [-0.15, -0.1) is 0 Å². The minimum atomic E-state index is -0.470. The molecular weight excluding hydrogens is 318 g/mol. The van der Waals surface area contributed by atoms with Crippen molar-refractivity contribution < 1.29 is 14.3 Å². The molecule has 1 aromatic carbocycles. The fraction of sp³-hybridized carbons (Fsp3) is 0.421. The van der Waals surface area contributed by atoms with Crippen molar-refractivity contribution in [1.29, 1.82) is 0 Å². The fourth-order valence-corrected chi connectivity index (χ4v) is 3.54. The van der Waals surface area contributed by atoms with Gasteiger partial charge in [0.15, 0.2) is 5.82 Å². The summed E-state index contributed by atoms with van der Waals surface area (Å²) in [5.74, 6) is 0.620. The van der Waals surface area contributed by atoms with Crippen LogP contribution in [0.3, 0.4) is 0 Å². The number of nitrogens with zero attached hydrogens (tertiary/aromatic N) is 3. The lowest BCUT2D eigenvalue weighted by Gasteiger charge is -2.30. The molecule has 0 radical (unpaired) electrons. The van der Waals surface area contributed by atoms with Crippen LogP contribution in [0, 0.1) is 12.8 Å². The van der Waals surface area contributed by atoms with E-state index in [4.69, 9.17) is 9.47 Å². The predicted molar refractivity (Wildman–Crippen MR) is 95.7 cm³/mol. The van der Waals surface area contributed by atoms with Crippen molar-refractivity contribution in [3.63, 3.8) is 0 Å². The first-order valence-corrected chi connectivity index (χ1v) is 8.37. The quantitative estimate of drug-likeness (QED) is 0.801. The zero-order valence-corrected chi connectivity index (χ0v) is 15.2. The maximum Gasteiger partial charge on any atom is 0.315 e. The van der Waals surface area contributed by atoms with Crippen LogP contribution in [0.5, 0.6) is 5.75 Å². The SMILES string of the molecule is CCOC(=O)C1C(C)=Nc2c(c(C)nn2C)C1c1cccc(OC)c1. The molecule has 6 heteroatoms. The van der Waals surface area contributed by atoms with Crippen LogP contribution in [0.15, 0.2) is 29.3 Å². The lowest BCUT2D eigenvalue weighted by Crippen LogP contribution is -2.33. The van der Waals surface area contributed by atoms with Crippen molar-refractivity contribution >= 4 is 17.5 Å². The Morgan fingerprint density at radius 1 is 1.32 bits per heavy atom. The first kappa shape index (κ1) is 17.2. The lowest BCUT2D eigenvalue weighted by atomic mass is 9.76. The smallest absolute Gasteiger partial charge is 0.315 e. The van der Waals surface area contributed by atoms with Crippen LogP contribution in [0.25, 0.3) is 0 Å². The molecule has 1 aliphatic rings. The highest BCUT2D eigenvalue weighted by Gasteiger charge is 2.41. The number of rotatable bonds is 4. The summed E-state index contributed by atoms with van der Waals surface area (Å²) in [5, 5.41) is 4.51. The fourth-order valence-electron chi connectivity index (χ4n) is 3.54. The minimum Gasteiger partial charge on any atom is -0.497 e. The Bertz CT molecular complexity index is 838. The molecule has 0 fully saturated rings. The summed E-state index contributed by atoms with van der Waals surface area (Å²) < 4.78 is 12.5. The molecule has 2 heterocycles. The molecule has 0 bridgehead atoms. The molecule has 2 aromatic rings. The third kappa shape index (κ3) is 2.92. The minimum absolute atomic E-state index is 0.199. The Balaban J connectivity index is 2.21. The average molecular weight is 341 g/mol. The van der Waals surface area contributed by atoms with Crippen molar-refractivity contribution in [2.24, 2.45) is 18.0 Å². The van der Waals surface area contributed by atoms with E-state index in [0.29, 0.717) is 6.61 Å². The zero-order valence-electron chi connectivity index (χ0n) is 15.2. The normalized spacial score (nSPS) is 19.2. The Hall–Kier alpha value is -2.63. The van der Waals surface area contributed by atoms with E-state index in [-0.39, 0.29) is 11.9 Å². The molecule has 0 spiro atoms. The van der Waals surface area contributed by atoms with Gasteiger partial charge in [0.1, 0.15) is 11.7 Å². The second kappa shape index (κ2) is 6.70. The van der Waals surface area contributed by atoms with Crippen LogP contribution in [-0.2, 0) is 16.6 Å². The van der Waals surface area contributed by atoms with Crippen LogP contribution >= 0.6 is 0 Å². The Labute approximate surface area is 147 Å². The highest BCUT2D eigenvalue weighted by molar-refractivity contribution is 6.05. The molecule has 0 N–H and O–H groups in total. The number of carbonyl (C=O) groups is 1. The van der Waals surface area contributed by atoms with Crippen LogP contribution in [0.4, 0.5) is 5.82 Å². The van der Waals surface area contributed by atoms with E-state index in [1.165, 1.54) is 0 Å². The molecule has 0 saturated heterocycles. The van der Waals surface area contributed by atoms with Crippen molar-refractivity contribution in [2.45, 2.75) is 26.7 Å². The third-order valence-corrected chi connectivity index (χ3v) is 4.61. The number of hydrogen-bond acceptors (Lipinski definition) is 5. The van der Waals surface area contributed by atoms with Crippen molar-refractivity contribution in [2.75, 3.05) is 13.7 Å². The Morgan fingerprint density at radius 3 is 2.76 bits per heavy atom. The zero-order chi connectivity index (χ0) is 18.1. The molecular formula is C19H23N3O3. The van der Waals surface area contributed by atoms with E-state index in [1.807, 2.05) is 52.1 Å². The van der Waals surface area contributed by atoms with Gasteiger partial charge in [-0.2, -0.15) is 5.10 Å². The summed E-state index contributed by atoms with van der Waals surface area (Å²) in [7, 11) is 3.51. The summed E-state index contributed by atoms with van der Waals surface area (Å²) in [5.41, 5.74) is 3.57. The summed E-state index contributed by atoms with van der Waals surface area (Å²) in [6.07, 6.45) is 0. The molecule has 1 aromatic heterocycles. The highest BCUT2D eigenvalue weighted by atomic mass is 16.5. The maximum absolute atomic E-state index is 12.7. The largest absolute Gasteiger partial charge is 0.497 e. The number of aryl methyl sites for hydroxylation is 2. The van der Waals surface area contributed by atoms with Crippen molar-refractivity contribution in [3.05, 3.63) is 41.1 Å². The number of hydrogen-bond donors (Lipinski definition) is 0. The number of aromatic nitrogens is 2. The molecule has 6 nitrogen and oxygen atoms in total. The molecule has 132 valence electrons. The summed E-state index contributed by atoms with van der Waals surface area (Å²) in [6.45, 7) is 5.98. The molecule has 1 aliphatic heterocycles. The predicted octanol–water partition coefficient (Wildman–Crippen LogP) is 3.15. The van der Waals surface area contributed by atoms with Gasteiger partial charge < -0.3 is 9.47 Å². The number of esters is 1. The van der Waals surface area contributed by atoms with Crippen LogP contribution < -0.4 is 4.74 Å². The highest BCUT2D eigenvalue weighted by Crippen LogP contribution is 2.44. The monoisotopic (exact) mass is 341 g/mol. The first-order chi connectivity index (χ1) is 12.0. The molecule has 3 rings (SSSR count). The van der Waals surface area contributed by atoms with E-state index in [1.54, 1.807) is 11.8 Å². The second-order valence-electron chi connectivity index (χ2n) is 6.18. The standard InChI is InChI=1S/C19H23N3O3/c1-6-25-19(23)16-11(2)20-18-15(12(3)21-22(18)4)17(16)13-8-7-9-14(10-13)24-5/h7-10,16-17H,6H2,1-5H3. The van der Waals surface area contributed by atoms with Gasteiger partial charge in [0.2, 0.25) is 0 Å². The number of fused-ring (bicyclic) bond motifs is 1. The van der Waals surface area contributed by atoms with E-state index in [9.17, 15) is 4.79 Å². The molecule has 0 saturated carbocycles. The van der Waals surface area contributed by atoms with E-state index in [2.05, 4.69) is 10.1 Å². The van der Waals surface area contributed by atoms with Crippen LogP contribution in [0.2, 0.25) is 0 Å². The van der Waals surface area contributed by atoms with Crippen LogP contribution in [0.1, 0.15) is 36.6 Å². The topological polar surface area (TPSA) is 65.7 Å². The van der Waals surface area contributed by atoms with Crippen LogP contribution in [-0.4, -0.2) is 35.2 Å². The van der Waals surface area contributed by atoms with E-state index < -0.39 is 5.92 Å². The summed E-state index contributed by atoms with van der Waals surface area (Å²) in [6, 6.07) is 7.80. The number of ether oxygens (including phenoxy) is 2. The van der Waals surface area contributed by atoms with Gasteiger partial charge in [0.25, 0.3) is 0 Å². The maximum atomic E-state index is 12.7. The molecule has 0 aliphatic carbocycles. The van der Waals surface area contributed by atoms with Gasteiger partial charge in [-0.25, -0.2) is 4.99 Å². The second-order valence-corrected chi connectivity index (χ2v) is 6.18. The van der Waals surface area contributed by atoms with Crippen molar-refractivity contribution in [3.8, 4) is 5.75 Å². The molecule has 2 unspecified atom stereocenters. The van der Waals surface area contributed by atoms with Gasteiger partial charge in [0.05, 0.1) is 19.4 Å². The lowest BCUT2D eigenvalue weighted by molar-refractivity contribution is -0.146. The van der Waals surface area contributed by atoms with E-state index in [0.717, 1.165) is 34.1 Å². The van der Waals surface area contributed by atoms with Gasteiger partial charge in [-0.1, -0.05) is 12.1 Å². The number of benzene rings is 1. The van der Waals surface area contributed by atoms with Gasteiger partial charge in [0, 0.05) is 24.2 Å². The first-order valence-electron chi connectivity index (χ1n) is 8.37. The van der Waals surface area contributed by atoms with Crippen molar-refractivity contribution in [1.82, 2.24) is 9.78 Å². The number of aliphatic imine (C=N–C) groups is 1. The van der Waals surface area contributed by atoms with E-state index >= 15 is 0 Å². The molecule has 0 amide bonds. The number of methoxy groups -OCH3 is 1. The van der Waals surface area contributed by atoms with Gasteiger partial charge in [-0.05, 0) is 38.5 Å². The summed E-state index contributed by atoms with van der Waals surface area (Å²) in [4.78, 5) is 17.4. The average Bonchev–Trinajstić information content (AvgIpc) is 2.87. The summed E-state index contributed by atoms with van der Waals surface area (Å²) >= 11 is 0. The van der Waals surface area contributed by atoms with Gasteiger partial charge >= 0.3 is 5.97 Å². The molecule has 25 heavy (non-hydrogen) atoms.